The van der Waals surface area contributed by atoms with E-state index in [-0.39, 0.29) is 36.1 Å². The van der Waals surface area contributed by atoms with Crippen molar-refractivity contribution < 1.29 is 24.2 Å². The lowest BCUT2D eigenvalue weighted by atomic mass is 9.92. The summed E-state index contributed by atoms with van der Waals surface area (Å²) in [5.41, 5.74) is 0. The summed E-state index contributed by atoms with van der Waals surface area (Å²) >= 11 is 0. The number of ether oxygens (including phenoxy) is 1. The first-order valence-corrected chi connectivity index (χ1v) is 9.97. The third kappa shape index (κ3) is 9.20. The van der Waals surface area contributed by atoms with Gasteiger partial charge in [0.25, 0.3) is 0 Å². The molecule has 0 aromatic carbocycles. The highest BCUT2D eigenvalue weighted by molar-refractivity contribution is 5.79. The lowest BCUT2D eigenvalue weighted by Crippen LogP contribution is -2.36. The summed E-state index contributed by atoms with van der Waals surface area (Å²) in [4.78, 5) is 37.1. The number of hydrogen-bond acceptors (Lipinski definition) is 4. The zero-order valence-electron chi connectivity index (χ0n) is 17.1. The van der Waals surface area contributed by atoms with Gasteiger partial charge in [-0.1, -0.05) is 20.8 Å². The van der Waals surface area contributed by atoms with E-state index in [2.05, 4.69) is 0 Å². The van der Waals surface area contributed by atoms with Crippen LogP contribution >= 0.6 is 0 Å². The van der Waals surface area contributed by atoms with Crippen molar-refractivity contribution in [2.24, 2.45) is 17.8 Å². The van der Waals surface area contributed by atoms with E-state index < -0.39 is 5.97 Å². The van der Waals surface area contributed by atoms with Gasteiger partial charge in [0.15, 0.2) is 0 Å². The molecule has 3 atom stereocenters. The molecule has 0 heterocycles. The van der Waals surface area contributed by atoms with Gasteiger partial charge in [-0.15, -0.1) is 0 Å². The van der Waals surface area contributed by atoms with Crippen molar-refractivity contribution in [3.63, 3.8) is 0 Å². The standard InChI is InChI=1S/C20H37NO5/c1-6-16(19(23)21(8-3)9-4)10-11-18(22)26-13-12-15(5)14-17(7-2)20(24)25/h15-17H,6-14H2,1-5H3,(H,24,25). The SMILES string of the molecule is CCC(CC(C)CCOC(=O)CCC(CC)C(=O)N(CC)CC)C(=O)O. The lowest BCUT2D eigenvalue weighted by Gasteiger charge is -2.24. The Morgan fingerprint density at radius 3 is 2.00 bits per heavy atom. The van der Waals surface area contributed by atoms with Crippen molar-refractivity contribution in [2.45, 2.75) is 73.1 Å². The molecule has 1 amide bonds. The topological polar surface area (TPSA) is 83.9 Å². The minimum atomic E-state index is -0.764. The number of carbonyl (C=O) groups is 3. The first-order valence-electron chi connectivity index (χ1n) is 9.97. The number of hydrogen-bond donors (Lipinski definition) is 1. The number of amides is 1. The van der Waals surface area contributed by atoms with Crippen LogP contribution in [0.2, 0.25) is 0 Å². The average molecular weight is 372 g/mol. The van der Waals surface area contributed by atoms with Gasteiger partial charge in [0, 0.05) is 25.4 Å². The van der Waals surface area contributed by atoms with E-state index in [1.54, 1.807) is 4.90 Å². The minimum absolute atomic E-state index is 0.109. The van der Waals surface area contributed by atoms with Gasteiger partial charge in [-0.2, -0.15) is 0 Å². The second-order valence-electron chi connectivity index (χ2n) is 6.95. The Morgan fingerprint density at radius 1 is 0.962 bits per heavy atom. The van der Waals surface area contributed by atoms with Crippen LogP contribution in [-0.4, -0.2) is 47.5 Å². The van der Waals surface area contributed by atoms with Gasteiger partial charge in [-0.25, -0.2) is 0 Å². The molecule has 0 rings (SSSR count). The molecule has 0 aromatic heterocycles. The zero-order valence-corrected chi connectivity index (χ0v) is 17.1. The summed E-state index contributed by atoms with van der Waals surface area (Å²) in [6, 6.07) is 0. The van der Waals surface area contributed by atoms with E-state index in [1.165, 1.54) is 0 Å². The molecule has 0 aliphatic heterocycles. The Morgan fingerprint density at radius 2 is 1.54 bits per heavy atom. The number of carboxylic acid groups (broad SMARTS) is 1. The Hall–Kier alpha value is -1.59. The van der Waals surface area contributed by atoms with Crippen LogP contribution in [-0.2, 0) is 19.1 Å². The van der Waals surface area contributed by atoms with Crippen molar-refractivity contribution in [1.29, 1.82) is 0 Å². The third-order valence-electron chi connectivity index (χ3n) is 5.02. The van der Waals surface area contributed by atoms with Crippen LogP contribution in [0, 0.1) is 17.8 Å². The fourth-order valence-corrected chi connectivity index (χ4v) is 3.08. The Bertz CT molecular complexity index is 434. The molecule has 0 aliphatic rings. The molecular weight excluding hydrogens is 334 g/mol. The molecule has 152 valence electrons. The summed E-state index contributed by atoms with van der Waals surface area (Å²) in [5.74, 6) is -1.22. The minimum Gasteiger partial charge on any atom is -0.481 e. The van der Waals surface area contributed by atoms with Gasteiger partial charge >= 0.3 is 11.9 Å². The quantitative estimate of drug-likeness (QED) is 0.470. The number of rotatable bonds is 14. The molecule has 6 heteroatoms. The lowest BCUT2D eigenvalue weighted by molar-refractivity contribution is -0.146. The molecule has 6 nitrogen and oxygen atoms in total. The van der Waals surface area contributed by atoms with E-state index in [0.717, 1.165) is 0 Å². The van der Waals surface area contributed by atoms with Crippen molar-refractivity contribution in [2.75, 3.05) is 19.7 Å². The van der Waals surface area contributed by atoms with Gasteiger partial charge in [-0.05, 0) is 51.9 Å². The predicted octanol–water partition coefficient (Wildman–Crippen LogP) is 3.73. The average Bonchev–Trinajstić information content (AvgIpc) is 2.60. The summed E-state index contributed by atoms with van der Waals surface area (Å²) in [5, 5.41) is 9.08. The second kappa shape index (κ2) is 13.6. The summed E-state index contributed by atoms with van der Waals surface area (Å²) in [6.07, 6.45) is 3.33. The highest BCUT2D eigenvalue weighted by Crippen LogP contribution is 2.19. The largest absolute Gasteiger partial charge is 0.481 e. The van der Waals surface area contributed by atoms with Crippen LogP contribution in [0.4, 0.5) is 0 Å². The molecule has 0 aromatic rings. The second-order valence-corrected chi connectivity index (χ2v) is 6.95. The van der Waals surface area contributed by atoms with Crippen LogP contribution in [0.1, 0.15) is 73.1 Å². The fraction of sp³-hybridized carbons (Fsp3) is 0.850. The molecule has 0 spiro atoms. The molecule has 0 aliphatic carbocycles. The van der Waals surface area contributed by atoms with Crippen LogP contribution in [0.3, 0.4) is 0 Å². The number of aliphatic carboxylic acids is 1. The summed E-state index contributed by atoms with van der Waals surface area (Å²) in [6.45, 7) is 11.4. The highest BCUT2D eigenvalue weighted by atomic mass is 16.5. The monoisotopic (exact) mass is 371 g/mol. The van der Waals surface area contributed by atoms with E-state index in [1.807, 2.05) is 34.6 Å². The Kier molecular flexibility index (Phi) is 12.8. The normalized spacial score (nSPS) is 14.3. The molecule has 26 heavy (non-hydrogen) atoms. The fourth-order valence-electron chi connectivity index (χ4n) is 3.08. The molecule has 3 unspecified atom stereocenters. The van der Waals surface area contributed by atoms with Gasteiger partial charge < -0.3 is 14.7 Å². The maximum absolute atomic E-state index is 12.4. The first kappa shape index (κ1) is 24.4. The molecule has 0 saturated heterocycles. The molecule has 0 bridgehead atoms. The maximum Gasteiger partial charge on any atom is 0.306 e. The molecule has 0 radical (unpaired) electrons. The van der Waals surface area contributed by atoms with Crippen LogP contribution in [0.15, 0.2) is 0 Å². The van der Waals surface area contributed by atoms with E-state index in [0.29, 0.717) is 51.8 Å². The number of carboxylic acids is 1. The van der Waals surface area contributed by atoms with E-state index in [4.69, 9.17) is 9.84 Å². The van der Waals surface area contributed by atoms with E-state index in [9.17, 15) is 14.4 Å². The van der Waals surface area contributed by atoms with Crippen molar-refractivity contribution >= 4 is 17.8 Å². The molecular formula is C20H37NO5. The van der Waals surface area contributed by atoms with Crippen molar-refractivity contribution in [3.8, 4) is 0 Å². The Labute approximate surface area is 158 Å². The molecule has 0 fully saturated rings. The van der Waals surface area contributed by atoms with E-state index >= 15 is 0 Å². The predicted molar refractivity (Wildman–Crippen MR) is 102 cm³/mol. The van der Waals surface area contributed by atoms with Crippen LogP contribution < -0.4 is 0 Å². The van der Waals surface area contributed by atoms with Crippen molar-refractivity contribution in [3.05, 3.63) is 0 Å². The summed E-state index contributed by atoms with van der Waals surface area (Å²) in [7, 11) is 0. The van der Waals surface area contributed by atoms with Gasteiger partial charge in [0.05, 0.1) is 12.5 Å². The molecule has 1 N–H and O–H groups in total. The third-order valence-corrected chi connectivity index (χ3v) is 5.02. The van der Waals surface area contributed by atoms with Gasteiger partial charge in [0.2, 0.25) is 5.91 Å². The first-order chi connectivity index (χ1) is 12.3. The number of carbonyl (C=O) groups excluding carboxylic acids is 2. The van der Waals surface area contributed by atoms with Gasteiger partial charge in [-0.3, -0.25) is 14.4 Å². The number of esters is 1. The van der Waals surface area contributed by atoms with Crippen LogP contribution in [0.25, 0.3) is 0 Å². The zero-order chi connectivity index (χ0) is 20.1. The number of nitrogens with zero attached hydrogens (tertiary/aromatic N) is 1. The Balaban J connectivity index is 4.18. The van der Waals surface area contributed by atoms with Gasteiger partial charge in [0.1, 0.15) is 0 Å². The molecule has 0 saturated carbocycles. The smallest absolute Gasteiger partial charge is 0.306 e. The van der Waals surface area contributed by atoms with Crippen molar-refractivity contribution in [1.82, 2.24) is 4.90 Å². The highest BCUT2D eigenvalue weighted by Gasteiger charge is 2.22. The maximum atomic E-state index is 12.4. The van der Waals surface area contributed by atoms with Crippen LogP contribution in [0.5, 0.6) is 0 Å². The summed E-state index contributed by atoms with van der Waals surface area (Å²) < 4.78 is 5.26.